The van der Waals surface area contributed by atoms with Gasteiger partial charge in [-0.15, -0.1) is 0 Å². The van der Waals surface area contributed by atoms with Gasteiger partial charge in [0, 0.05) is 12.7 Å². The molecule has 0 bridgehead atoms. The van der Waals surface area contributed by atoms with Gasteiger partial charge < -0.3 is 9.64 Å². The average Bonchev–Trinajstić information content (AvgIpc) is 2.99. The molecule has 0 aliphatic carbocycles. The SMILES string of the molecule is COC(=O)c1cc2n(n1)CCN(C(=O)Cc1ccc(Cl)nc1)C2. The molecule has 2 aromatic rings. The lowest BCUT2D eigenvalue weighted by molar-refractivity contribution is -0.132. The molecule has 1 amide bonds. The second-order valence-electron chi connectivity index (χ2n) is 5.22. The second-order valence-corrected chi connectivity index (χ2v) is 5.60. The van der Waals surface area contributed by atoms with Crippen LogP contribution in [0.5, 0.6) is 0 Å². The summed E-state index contributed by atoms with van der Waals surface area (Å²) in [5.74, 6) is -0.474. The van der Waals surface area contributed by atoms with Crippen LogP contribution in [0, 0.1) is 0 Å². The number of rotatable bonds is 3. The number of hydrogen-bond acceptors (Lipinski definition) is 5. The molecule has 2 aromatic heterocycles. The molecule has 3 rings (SSSR count). The van der Waals surface area contributed by atoms with E-state index in [1.165, 1.54) is 7.11 Å². The maximum Gasteiger partial charge on any atom is 0.358 e. The molecule has 0 saturated carbocycles. The van der Waals surface area contributed by atoms with Crippen molar-refractivity contribution in [3.63, 3.8) is 0 Å². The number of nitrogens with zero attached hydrogens (tertiary/aromatic N) is 4. The fourth-order valence-electron chi connectivity index (χ4n) is 2.48. The normalized spacial score (nSPS) is 13.6. The van der Waals surface area contributed by atoms with Gasteiger partial charge in [0.2, 0.25) is 5.91 Å². The van der Waals surface area contributed by atoms with Crippen LogP contribution in [0.1, 0.15) is 21.7 Å². The minimum Gasteiger partial charge on any atom is -0.464 e. The van der Waals surface area contributed by atoms with Crippen molar-refractivity contribution in [1.82, 2.24) is 19.7 Å². The molecule has 1 aliphatic heterocycles. The molecule has 0 aromatic carbocycles. The van der Waals surface area contributed by atoms with Crippen molar-refractivity contribution in [2.45, 2.75) is 19.5 Å². The molecule has 0 saturated heterocycles. The summed E-state index contributed by atoms with van der Waals surface area (Å²) >= 11 is 5.74. The molecular weight excluding hydrogens is 320 g/mol. The zero-order chi connectivity index (χ0) is 16.4. The van der Waals surface area contributed by atoms with Crippen molar-refractivity contribution in [3.05, 3.63) is 46.5 Å². The van der Waals surface area contributed by atoms with E-state index in [0.717, 1.165) is 11.3 Å². The van der Waals surface area contributed by atoms with Crippen LogP contribution in [-0.4, -0.2) is 45.2 Å². The zero-order valence-electron chi connectivity index (χ0n) is 12.5. The van der Waals surface area contributed by atoms with Crippen molar-refractivity contribution in [1.29, 1.82) is 0 Å². The van der Waals surface area contributed by atoms with Gasteiger partial charge in [0.15, 0.2) is 5.69 Å². The van der Waals surface area contributed by atoms with Crippen molar-refractivity contribution < 1.29 is 14.3 Å². The molecular formula is C15H15ClN4O3. The van der Waals surface area contributed by atoms with Gasteiger partial charge >= 0.3 is 5.97 Å². The van der Waals surface area contributed by atoms with Crippen LogP contribution in [0.3, 0.4) is 0 Å². The van der Waals surface area contributed by atoms with E-state index in [0.29, 0.717) is 24.8 Å². The van der Waals surface area contributed by atoms with E-state index in [1.54, 1.807) is 34.0 Å². The van der Waals surface area contributed by atoms with Crippen LogP contribution in [-0.2, 0) is 29.0 Å². The Morgan fingerprint density at radius 3 is 2.87 bits per heavy atom. The Kier molecular flexibility index (Phi) is 4.29. The summed E-state index contributed by atoms with van der Waals surface area (Å²) in [5, 5.41) is 4.59. The Labute approximate surface area is 137 Å². The lowest BCUT2D eigenvalue weighted by atomic mass is 10.2. The third-order valence-electron chi connectivity index (χ3n) is 3.69. The van der Waals surface area contributed by atoms with E-state index in [2.05, 4.69) is 14.8 Å². The summed E-state index contributed by atoms with van der Waals surface area (Å²) in [6, 6.07) is 5.12. The maximum atomic E-state index is 12.4. The maximum absolute atomic E-state index is 12.4. The van der Waals surface area contributed by atoms with Gasteiger partial charge in [0.05, 0.1) is 32.3 Å². The van der Waals surface area contributed by atoms with Gasteiger partial charge in [-0.3, -0.25) is 9.48 Å². The Balaban J connectivity index is 1.68. The highest BCUT2D eigenvalue weighted by Gasteiger charge is 2.24. The van der Waals surface area contributed by atoms with Gasteiger partial charge in [-0.25, -0.2) is 9.78 Å². The molecule has 0 unspecified atom stereocenters. The van der Waals surface area contributed by atoms with Crippen LogP contribution in [0.4, 0.5) is 0 Å². The first-order valence-corrected chi connectivity index (χ1v) is 7.48. The summed E-state index contributed by atoms with van der Waals surface area (Å²) in [6.45, 7) is 1.52. The van der Waals surface area contributed by atoms with Crippen molar-refractivity contribution in [2.75, 3.05) is 13.7 Å². The third-order valence-corrected chi connectivity index (χ3v) is 3.91. The summed E-state index contributed by atoms with van der Waals surface area (Å²) in [4.78, 5) is 29.6. The highest BCUT2D eigenvalue weighted by molar-refractivity contribution is 6.29. The van der Waals surface area contributed by atoms with E-state index in [-0.39, 0.29) is 18.0 Å². The van der Waals surface area contributed by atoms with E-state index in [1.807, 2.05) is 0 Å². The number of methoxy groups -OCH3 is 1. The Morgan fingerprint density at radius 1 is 1.35 bits per heavy atom. The molecule has 120 valence electrons. The van der Waals surface area contributed by atoms with Gasteiger partial charge in [-0.05, 0) is 17.7 Å². The summed E-state index contributed by atoms with van der Waals surface area (Å²) < 4.78 is 6.40. The highest BCUT2D eigenvalue weighted by Crippen LogP contribution is 2.16. The molecule has 0 spiro atoms. The number of aromatic nitrogens is 3. The van der Waals surface area contributed by atoms with Crippen molar-refractivity contribution >= 4 is 23.5 Å². The molecule has 0 radical (unpaired) electrons. The lowest BCUT2D eigenvalue weighted by Gasteiger charge is -2.27. The van der Waals surface area contributed by atoms with E-state index >= 15 is 0 Å². The summed E-state index contributed by atoms with van der Waals surface area (Å²) in [5.41, 5.74) is 1.90. The predicted octanol–water partition coefficient (Wildman–Crippen LogP) is 1.30. The molecule has 7 nitrogen and oxygen atoms in total. The number of fused-ring (bicyclic) bond motifs is 1. The largest absolute Gasteiger partial charge is 0.464 e. The monoisotopic (exact) mass is 334 g/mol. The fourth-order valence-corrected chi connectivity index (χ4v) is 2.59. The average molecular weight is 335 g/mol. The Morgan fingerprint density at radius 2 is 2.17 bits per heavy atom. The molecule has 3 heterocycles. The summed E-state index contributed by atoms with van der Waals surface area (Å²) in [7, 11) is 1.32. The fraction of sp³-hybridized carbons (Fsp3) is 0.333. The number of esters is 1. The van der Waals surface area contributed by atoms with Crippen LogP contribution in [0.25, 0.3) is 0 Å². The number of pyridine rings is 1. The van der Waals surface area contributed by atoms with Crippen LogP contribution in [0.2, 0.25) is 5.15 Å². The smallest absolute Gasteiger partial charge is 0.358 e. The first-order valence-electron chi connectivity index (χ1n) is 7.10. The zero-order valence-corrected chi connectivity index (χ0v) is 13.3. The van der Waals surface area contributed by atoms with Gasteiger partial charge in [-0.1, -0.05) is 17.7 Å². The van der Waals surface area contributed by atoms with E-state index < -0.39 is 5.97 Å². The summed E-state index contributed by atoms with van der Waals surface area (Å²) in [6.07, 6.45) is 1.87. The van der Waals surface area contributed by atoms with Crippen molar-refractivity contribution in [2.24, 2.45) is 0 Å². The van der Waals surface area contributed by atoms with Crippen LogP contribution < -0.4 is 0 Å². The number of hydrogen-bond donors (Lipinski definition) is 0. The predicted molar refractivity (Wildman–Crippen MR) is 81.9 cm³/mol. The quantitative estimate of drug-likeness (QED) is 0.624. The first-order chi connectivity index (χ1) is 11.1. The molecule has 0 N–H and O–H groups in total. The standard InChI is InChI=1S/C15H15ClN4O3/c1-23-15(22)12-7-11-9-19(4-5-20(11)18-12)14(21)6-10-2-3-13(16)17-8-10/h2-3,7-8H,4-6,9H2,1H3. The molecule has 23 heavy (non-hydrogen) atoms. The molecule has 8 heteroatoms. The van der Waals surface area contributed by atoms with Crippen molar-refractivity contribution in [3.8, 4) is 0 Å². The van der Waals surface area contributed by atoms with Crippen LogP contribution in [0.15, 0.2) is 24.4 Å². The number of halogens is 1. The minimum absolute atomic E-state index is 0.00110. The Bertz CT molecular complexity index is 742. The van der Waals surface area contributed by atoms with Gasteiger partial charge in [0.25, 0.3) is 0 Å². The van der Waals surface area contributed by atoms with Gasteiger partial charge in [0.1, 0.15) is 5.15 Å². The minimum atomic E-state index is -0.475. The second kappa shape index (κ2) is 6.37. The third kappa shape index (κ3) is 3.34. The molecule has 0 fully saturated rings. The number of ether oxygens (including phenoxy) is 1. The van der Waals surface area contributed by atoms with Crippen LogP contribution >= 0.6 is 11.6 Å². The number of carbonyl (C=O) groups is 2. The number of carbonyl (C=O) groups excluding carboxylic acids is 2. The molecule has 0 atom stereocenters. The van der Waals surface area contributed by atoms with E-state index in [9.17, 15) is 9.59 Å². The lowest BCUT2D eigenvalue weighted by Crippen LogP contribution is -2.39. The Hall–Kier alpha value is -2.41. The van der Waals surface area contributed by atoms with E-state index in [4.69, 9.17) is 11.6 Å². The number of amides is 1. The highest BCUT2D eigenvalue weighted by atomic mass is 35.5. The topological polar surface area (TPSA) is 77.3 Å². The molecule has 1 aliphatic rings. The first kappa shape index (κ1) is 15.5. The van der Waals surface area contributed by atoms with Gasteiger partial charge in [-0.2, -0.15) is 5.10 Å².